The number of fused-ring (bicyclic) bond motifs is 3. The predicted molar refractivity (Wildman–Crippen MR) is 114 cm³/mol. The van der Waals surface area contributed by atoms with Crippen molar-refractivity contribution in [3.63, 3.8) is 0 Å². The number of benzene rings is 1. The van der Waals surface area contributed by atoms with E-state index in [1.807, 2.05) is 24.4 Å². The molecule has 1 aromatic heterocycles. The molecule has 1 N–H and O–H groups in total. The van der Waals surface area contributed by atoms with Gasteiger partial charge in [0.25, 0.3) is 0 Å². The molecule has 0 bridgehead atoms. The third-order valence-corrected chi connectivity index (χ3v) is 11.0. The van der Waals surface area contributed by atoms with Gasteiger partial charge in [0.1, 0.15) is 11.9 Å². The van der Waals surface area contributed by atoms with Crippen LogP contribution in [0.15, 0.2) is 24.4 Å². The zero-order valence-electron chi connectivity index (χ0n) is 18.3. The van der Waals surface area contributed by atoms with Gasteiger partial charge < -0.3 is 19.0 Å². The van der Waals surface area contributed by atoms with Gasteiger partial charge in [0.05, 0.1) is 5.52 Å². The minimum absolute atomic E-state index is 0.103. The van der Waals surface area contributed by atoms with E-state index >= 15 is 0 Å². The number of ether oxygens (including phenoxy) is 2. The standard InChI is InChI=1S/C22H33NO4Si/c1-14-12-22(25-5,26-6)20(24)19-16-11-15(27-28(7,8)21(2,3)4)9-10-18(16)23-13-17(14)19/h9-11,13-14,20,24H,12H2,1-8H3/t14-,20-/m1/s1. The molecule has 2 aromatic rings. The third-order valence-electron chi connectivity index (χ3n) is 6.59. The zero-order valence-corrected chi connectivity index (χ0v) is 19.3. The predicted octanol–water partition coefficient (Wildman–Crippen LogP) is 5.15. The van der Waals surface area contributed by atoms with E-state index in [2.05, 4.69) is 45.8 Å². The van der Waals surface area contributed by atoms with Crippen molar-refractivity contribution in [2.45, 2.75) is 70.1 Å². The van der Waals surface area contributed by atoms with Gasteiger partial charge in [-0.2, -0.15) is 0 Å². The summed E-state index contributed by atoms with van der Waals surface area (Å²) in [4.78, 5) is 4.63. The van der Waals surface area contributed by atoms with Crippen LogP contribution in [-0.2, 0) is 9.47 Å². The number of methoxy groups -OCH3 is 2. The fourth-order valence-corrected chi connectivity index (χ4v) is 4.78. The molecule has 0 spiro atoms. The smallest absolute Gasteiger partial charge is 0.250 e. The van der Waals surface area contributed by atoms with Crippen molar-refractivity contribution in [3.8, 4) is 5.75 Å². The Bertz CT molecular complexity index is 871. The average molecular weight is 404 g/mol. The molecule has 1 aliphatic carbocycles. The number of hydrogen-bond donors (Lipinski definition) is 1. The Kier molecular flexibility index (Phi) is 5.38. The van der Waals surface area contributed by atoms with Crippen LogP contribution in [-0.4, -0.2) is 38.4 Å². The molecule has 1 aromatic carbocycles. The second-order valence-electron chi connectivity index (χ2n) is 9.40. The van der Waals surface area contributed by atoms with Crippen molar-refractivity contribution in [3.05, 3.63) is 35.5 Å². The number of rotatable bonds is 4. The Morgan fingerprint density at radius 1 is 1.18 bits per heavy atom. The van der Waals surface area contributed by atoms with Gasteiger partial charge in [-0.05, 0) is 47.8 Å². The monoisotopic (exact) mass is 403 g/mol. The van der Waals surface area contributed by atoms with Gasteiger partial charge >= 0.3 is 0 Å². The maximum atomic E-state index is 11.2. The maximum Gasteiger partial charge on any atom is 0.250 e. The summed E-state index contributed by atoms with van der Waals surface area (Å²) in [6.07, 6.45) is 1.54. The summed E-state index contributed by atoms with van der Waals surface area (Å²) >= 11 is 0. The highest BCUT2D eigenvalue weighted by Gasteiger charge is 2.47. The first-order chi connectivity index (χ1) is 13.0. The highest BCUT2D eigenvalue weighted by atomic mass is 28.4. The van der Waals surface area contributed by atoms with Crippen LogP contribution >= 0.6 is 0 Å². The lowest BCUT2D eigenvalue weighted by atomic mass is 9.77. The second-order valence-corrected chi connectivity index (χ2v) is 14.1. The first-order valence-electron chi connectivity index (χ1n) is 9.85. The van der Waals surface area contributed by atoms with E-state index in [0.29, 0.717) is 6.42 Å². The summed E-state index contributed by atoms with van der Waals surface area (Å²) in [5.74, 6) is -0.0860. The van der Waals surface area contributed by atoms with Crippen LogP contribution in [0.5, 0.6) is 5.75 Å². The third kappa shape index (κ3) is 3.36. The zero-order chi connectivity index (χ0) is 20.9. The Labute approximate surface area is 169 Å². The van der Waals surface area contributed by atoms with Crippen LogP contribution in [0.25, 0.3) is 10.9 Å². The van der Waals surface area contributed by atoms with Crippen LogP contribution < -0.4 is 4.43 Å². The van der Waals surface area contributed by atoms with E-state index < -0.39 is 20.2 Å². The summed E-state index contributed by atoms with van der Waals surface area (Å²) in [6, 6.07) is 5.95. The van der Waals surface area contributed by atoms with Crippen LogP contribution in [0.4, 0.5) is 0 Å². The SMILES string of the molecule is COC1(OC)C[C@@H](C)c2cnc3ccc(O[Si](C)(C)C(C)(C)C)cc3c2[C@H]1O. The van der Waals surface area contributed by atoms with Crippen LogP contribution in [0, 0.1) is 0 Å². The highest BCUT2D eigenvalue weighted by molar-refractivity contribution is 6.74. The molecular formula is C22H33NO4Si. The molecule has 5 nitrogen and oxygen atoms in total. The molecule has 28 heavy (non-hydrogen) atoms. The van der Waals surface area contributed by atoms with Gasteiger partial charge in [0.2, 0.25) is 8.32 Å². The first kappa shape index (κ1) is 21.2. The van der Waals surface area contributed by atoms with Crippen LogP contribution in [0.2, 0.25) is 18.1 Å². The molecule has 154 valence electrons. The molecule has 0 fully saturated rings. The number of pyridine rings is 1. The van der Waals surface area contributed by atoms with Gasteiger partial charge in [0.15, 0.2) is 5.79 Å². The Balaban J connectivity index is 2.16. The molecule has 0 saturated heterocycles. The van der Waals surface area contributed by atoms with Gasteiger partial charge in [-0.25, -0.2) is 0 Å². The minimum Gasteiger partial charge on any atom is -0.543 e. The highest BCUT2D eigenvalue weighted by Crippen LogP contribution is 2.48. The molecule has 2 atom stereocenters. The quantitative estimate of drug-likeness (QED) is 0.565. The summed E-state index contributed by atoms with van der Waals surface area (Å²) in [5.41, 5.74) is 2.69. The number of aliphatic hydroxyl groups excluding tert-OH is 1. The molecule has 1 aliphatic rings. The Hall–Kier alpha value is -1.47. The maximum absolute atomic E-state index is 11.2. The van der Waals surface area contributed by atoms with Crippen molar-refractivity contribution in [1.82, 2.24) is 4.98 Å². The molecule has 3 rings (SSSR count). The molecule has 0 saturated carbocycles. The van der Waals surface area contributed by atoms with Crippen molar-refractivity contribution >= 4 is 19.2 Å². The summed E-state index contributed by atoms with van der Waals surface area (Å²) in [6.45, 7) is 13.2. The van der Waals surface area contributed by atoms with Crippen LogP contribution in [0.1, 0.15) is 57.3 Å². The summed E-state index contributed by atoms with van der Waals surface area (Å²) < 4.78 is 17.8. The number of aromatic nitrogens is 1. The topological polar surface area (TPSA) is 60.8 Å². The molecule has 0 unspecified atom stereocenters. The second kappa shape index (κ2) is 7.09. The van der Waals surface area contributed by atoms with Gasteiger partial charge in [0, 0.05) is 37.8 Å². The summed E-state index contributed by atoms with van der Waals surface area (Å²) in [7, 11) is 1.19. The molecule has 6 heteroatoms. The van der Waals surface area contributed by atoms with E-state index in [1.165, 1.54) is 0 Å². The number of hydrogen-bond acceptors (Lipinski definition) is 5. The van der Waals surface area contributed by atoms with E-state index in [1.54, 1.807) is 14.2 Å². The minimum atomic E-state index is -1.97. The Morgan fingerprint density at radius 2 is 1.82 bits per heavy atom. The van der Waals surface area contributed by atoms with E-state index in [4.69, 9.17) is 13.9 Å². The normalized spacial score (nSPS) is 22.2. The number of nitrogens with zero attached hydrogens (tertiary/aromatic N) is 1. The molecule has 0 aliphatic heterocycles. The molecular weight excluding hydrogens is 370 g/mol. The van der Waals surface area contributed by atoms with Gasteiger partial charge in [-0.1, -0.05) is 27.7 Å². The van der Waals surface area contributed by atoms with Crippen molar-refractivity contribution in [1.29, 1.82) is 0 Å². The lowest BCUT2D eigenvalue weighted by Gasteiger charge is -2.42. The fraction of sp³-hybridized carbons (Fsp3) is 0.591. The number of aliphatic hydroxyl groups is 1. The lowest BCUT2D eigenvalue weighted by Crippen LogP contribution is -2.45. The Morgan fingerprint density at radius 3 is 2.39 bits per heavy atom. The van der Waals surface area contributed by atoms with Crippen molar-refractivity contribution in [2.75, 3.05) is 14.2 Å². The summed E-state index contributed by atoms with van der Waals surface area (Å²) in [5, 5.41) is 12.2. The van der Waals surface area contributed by atoms with E-state index in [9.17, 15) is 5.11 Å². The molecule has 0 radical (unpaired) electrons. The lowest BCUT2D eigenvalue weighted by molar-refractivity contribution is -0.271. The largest absolute Gasteiger partial charge is 0.543 e. The van der Waals surface area contributed by atoms with Gasteiger partial charge in [-0.3, -0.25) is 4.98 Å². The van der Waals surface area contributed by atoms with Crippen molar-refractivity contribution < 1.29 is 19.0 Å². The first-order valence-corrected chi connectivity index (χ1v) is 12.8. The molecule has 1 heterocycles. The van der Waals surface area contributed by atoms with Crippen LogP contribution in [0.3, 0.4) is 0 Å². The van der Waals surface area contributed by atoms with E-state index in [-0.39, 0.29) is 11.0 Å². The molecule has 0 amide bonds. The average Bonchev–Trinajstić information content (AvgIpc) is 2.62. The fourth-order valence-electron chi connectivity index (χ4n) is 3.76. The van der Waals surface area contributed by atoms with Gasteiger partial charge in [-0.15, -0.1) is 0 Å². The van der Waals surface area contributed by atoms with Crippen molar-refractivity contribution in [2.24, 2.45) is 0 Å². The van der Waals surface area contributed by atoms with E-state index in [0.717, 1.165) is 27.8 Å².